The van der Waals surface area contributed by atoms with Crippen LogP contribution in [0.25, 0.3) is 0 Å². The van der Waals surface area contributed by atoms with Crippen molar-refractivity contribution in [2.75, 3.05) is 0 Å². The van der Waals surface area contributed by atoms with Crippen molar-refractivity contribution in [3.05, 3.63) is 64.1 Å². The monoisotopic (exact) mass is 297 g/mol. The van der Waals surface area contributed by atoms with Gasteiger partial charge in [-0.3, -0.25) is 9.59 Å². The fourth-order valence-electron chi connectivity index (χ4n) is 1.68. The minimum Gasteiger partial charge on any atom is -0.335 e. The van der Waals surface area contributed by atoms with Crippen LogP contribution in [0.1, 0.15) is 22.1 Å². The summed E-state index contributed by atoms with van der Waals surface area (Å²) >= 11 is 0. The molecule has 21 heavy (non-hydrogen) atoms. The van der Waals surface area contributed by atoms with E-state index in [0.29, 0.717) is 0 Å². The SMILES string of the molecule is O=C(NC(c1ccccc1)C(F)(F)F)c1ccc(=O)[nH]n1. The molecule has 0 spiro atoms. The summed E-state index contributed by atoms with van der Waals surface area (Å²) in [5.41, 5.74) is -0.954. The third-order valence-corrected chi connectivity index (χ3v) is 2.65. The zero-order chi connectivity index (χ0) is 15.5. The third-order valence-electron chi connectivity index (χ3n) is 2.65. The summed E-state index contributed by atoms with van der Waals surface area (Å²) in [7, 11) is 0. The second-order valence-electron chi connectivity index (χ2n) is 4.17. The second kappa shape index (κ2) is 5.78. The van der Waals surface area contributed by atoms with Gasteiger partial charge in [-0.1, -0.05) is 30.3 Å². The molecule has 1 amide bonds. The summed E-state index contributed by atoms with van der Waals surface area (Å²) in [6.45, 7) is 0. The van der Waals surface area contributed by atoms with Crippen molar-refractivity contribution < 1.29 is 18.0 Å². The lowest BCUT2D eigenvalue weighted by Crippen LogP contribution is -2.38. The van der Waals surface area contributed by atoms with Gasteiger partial charge in [0.05, 0.1) is 0 Å². The van der Waals surface area contributed by atoms with Gasteiger partial charge < -0.3 is 5.32 Å². The predicted octanol–water partition coefficient (Wildman–Crippen LogP) is 1.80. The molecule has 8 heteroatoms. The fourth-order valence-corrected chi connectivity index (χ4v) is 1.68. The van der Waals surface area contributed by atoms with Gasteiger partial charge in [0.1, 0.15) is 5.69 Å². The van der Waals surface area contributed by atoms with E-state index in [2.05, 4.69) is 5.10 Å². The molecule has 0 bridgehead atoms. The molecule has 110 valence electrons. The molecule has 0 aliphatic carbocycles. The number of H-pyrrole nitrogens is 1. The summed E-state index contributed by atoms with van der Waals surface area (Å²) in [6.07, 6.45) is -4.65. The lowest BCUT2D eigenvalue weighted by atomic mass is 10.1. The van der Waals surface area contributed by atoms with Crippen molar-refractivity contribution in [3.63, 3.8) is 0 Å². The van der Waals surface area contributed by atoms with Crippen LogP contribution < -0.4 is 10.9 Å². The highest BCUT2D eigenvalue weighted by molar-refractivity contribution is 5.92. The number of carbonyl (C=O) groups is 1. The number of aromatic amines is 1. The highest BCUT2D eigenvalue weighted by Crippen LogP contribution is 2.32. The van der Waals surface area contributed by atoms with Crippen molar-refractivity contribution >= 4 is 5.91 Å². The molecule has 2 aromatic rings. The smallest absolute Gasteiger partial charge is 0.335 e. The second-order valence-corrected chi connectivity index (χ2v) is 4.17. The average molecular weight is 297 g/mol. The molecule has 0 fully saturated rings. The first kappa shape index (κ1) is 14.8. The number of aromatic nitrogens is 2. The van der Waals surface area contributed by atoms with Crippen molar-refractivity contribution in [2.45, 2.75) is 12.2 Å². The van der Waals surface area contributed by atoms with Crippen LogP contribution in [0.2, 0.25) is 0 Å². The summed E-state index contributed by atoms with van der Waals surface area (Å²) in [5, 5.41) is 7.24. The van der Waals surface area contributed by atoms with Crippen LogP contribution in [0.3, 0.4) is 0 Å². The van der Waals surface area contributed by atoms with Crippen LogP contribution in [0, 0.1) is 0 Å². The lowest BCUT2D eigenvalue weighted by molar-refractivity contribution is -0.155. The number of carbonyl (C=O) groups excluding carboxylic acids is 1. The first-order chi connectivity index (χ1) is 9.88. The molecule has 1 aromatic carbocycles. The van der Waals surface area contributed by atoms with Crippen molar-refractivity contribution in [3.8, 4) is 0 Å². The van der Waals surface area contributed by atoms with Gasteiger partial charge in [0, 0.05) is 6.07 Å². The largest absolute Gasteiger partial charge is 0.412 e. The number of benzene rings is 1. The van der Waals surface area contributed by atoms with Gasteiger partial charge in [0.2, 0.25) is 0 Å². The maximum absolute atomic E-state index is 13.1. The molecule has 5 nitrogen and oxygen atoms in total. The Morgan fingerprint density at radius 3 is 2.33 bits per heavy atom. The number of nitrogens with zero attached hydrogens (tertiary/aromatic N) is 1. The zero-order valence-electron chi connectivity index (χ0n) is 10.5. The maximum atomic E-state index is 13.1. The van der Waals surface area contributed by atoms with Gasteiger partial charge in [0.25, 0.3) is 11.5 Å². The van der Waals surface area contributed by atoms with E-state index in [1.165, 1.54) is 24.3 Å². The summed E-state index contributed by atoms with van der Waals surface area (Å²) in [6, 6.07) is 6.89. The number of rotatable bonds is 3. The lowest BCUT2D eigenvalue weighted by Gasteiger charge is -2.21. The van der Waals surface area contributed by atoms with E-state index in [0.717, 1.165) is 12.1 Å². The van der Waals surface area contributed by atoms with Gasteiger partial charge in [-0.05, 0) is 11.6 Å². The topological polar surface area (TPSA) is 74.8 Å². The quantitative estimate of drug-likeness (QED) is 0.907. The van der Waals surface area contributed by atoms with Gasteiger partial charge in [-0.2, -0.15) is 18.3 Å². The Kier molecular flexibility index (Phi) is 4.06. The van der Waals surface area contributed by atoms with Crippen LogP contribution in [0.5, 0.6) is 0 Å². The molecular weight excluding hydrogens is 287 g/mol. The summed E-state index contributed by atoms with van der Waals surface area (Å²) < 4.78 is 39.2. The minimum absolute atomic E-state index is 0.0947. The normalized spacial score (nSPS) is 12.7. The van der Waals surface area contributed by atoms with Crippen molar-refractivity contribution in [1.82, 2.24) is 15.5 Å². The molecule has 0 aliphatic heterocycles. The summed E-state index contributed by atoms with van der Waals surface area (Å²) in [4.78, 5) is 22.6. The zero-order valence-corrected chi connectivity index (χ0v) is 10.5. The average Bonchev–Trinajstić information content (AvgIpc) is 2.45. The number of amides is 1. The van der Waals surface area contributed by atoms with E-state index in [1.54, 1.807) is 6.07 Å². The van der Waals surface area contributed by atoms with E-state index in [9.17, 15) is 22.8 Å². The number of halogens is 3. The predicted molar refractivity (Wildman–Crippen MR) is 67.6 cm³/mol. The molecule has 2 rings (SSSR count). The Hall–Kier alpha value is -2.64. The Labute approximate surface area is 116 Å². The number of alkyl halides is 3. The minimum atomic E-state index is -4.65. The Morgan fingerprint density at radius 1 is 1.14 bits per heavy atom. The number of hydrogen-bond acceptors (Lipinski definition) is 3. The number of nitrogens with one attached hydrogen (secondary N) is 2. The van der Waals surface area contributed by atoms with E-state index >= 15 is 0 Å². The van der Waals surface area contributed by atoms with Gasteiger partial charge >= 0.3 is 6.18 Å². The Balaban J connectivity index is 2.26. The fraction of sp³-hybridized carbons (Fsp3) is 0.154. The molecule has 1 unspecified atom stereocenters. The van der Waals surface area contributed by atoms with E-state index in [4.69, 9.17) is 0 Å². The first-order valence-electron chi connectivity index (χ1n) is 5.86. The van der Waals surface area contributed by atoms with Gasteiger partial charge in [0.15, 0.2) is 6.04 Å². The van der Waals surface area contributed by atoms with Crippen molar-refractivity contribution in [2.24, 2.45) is 0 Å². The van der Waals surface area contributed by atoms with E-state index in [1.807, 2.05) is 10.4 Å². The van der Waals surface area contributed by atoms with Crippen LogP contribution in [0.4, 0.5) is 13.2 Å². The van der Waals surface area contributed by atoms with Crippen LogP contribution in [0.15, 0.2) is 47.3 Å². The van der Waals surface area contributed by atoms with Crippen LogP contribution in [-0.2, 0) is 0 Å². The van der Waals surface area contributed by atoms with Crippen molar-refractivity contribution in [1.29, 1.82) is 0 Å². The molecule has 0 saturated heterocycles. The highest BCUT2D eigenvalue weighted by Gasteiger charge is 2.42. The Bertz CT molecular complexity index is 663. The molecule has 0 radical (unpaired) electrons. The number of hydrogen-bond donors (Lipinski definition) is 2. The van der Waals surface area contributed by atoms with Crippen LogP contribution in [-0.4, -0.2) is 22.3 Å². The molecule has 2 N–H and O–H groups in total. The standard InChI is InChI=1S/C13H10F3N3O2/c14-13(15,16)11(8-4-2-1-3-5-8)17-12(21)9-6-7-10(20)19-18-9/h1-7,11H,(H,17,21)(H,19,20). The maximum Gasteiger partial charge on any atom is 0.412 e. The van der Waals surface area contributed by atoms with E-state index in [-0.39, 0.29) is 11.3 Å². The molecule has 1 heterocycles. The molecular formula is C13H10F3N3O2. The summed E-state index contributed by atoms with van der Waals surface area (Å²) in [5.74, 6) is -1.03. The van der Waals surface area contributed by atoms with E-state index < -0.39 is 23.7 Å². The Morgan fingerprint density at radius 2 is 1.81 bits per heavy atom. The highest BCUT2D eigenvalue weighted by atomic mass is 19.4. The third kappa shape index (κ3) is 3.68. The molecule has 0 aliphatic rings. The molecule has 1 aromatic heterocycles. The molecule has 0 saturated carbocycles. The van der Waals surface area contributed by atoms with Gasteiger partial charge in [-0.15, -0.1) is 0 Å². The van der Waals surface area contributed by atoms with Gasteiger partial charge in [-0.25, -0.2) is 5.10 Å². The molecule has 1 atom stereocenters. The van der Waals surface area contributed by atoms with Crippen LogP contribution >= 0.6 is 0 Å². The first-order valence-corrected chi connectivity index (χ1v) is 5.86.